The summed E-state index contributed by atoms with van der Waals surface area (Å²) in [4.78, 5) is 25.1. The number of fused-ring (bicyclic) bond motifs is 1. The van der Waals surface area contributed by atoms with Crippen molar-refractivity contribution in [2.45, 2.75) is 60.3 Å². The Morgan fingerprint density at radius 3 is 2.57 bits per heavy atom. The van der Waals surface area contributed by atoms with Crippen LogP contribution in [0.3, 0.4) is 0 Å². The molecule has 0 fully saturated rings. The van der Waals surface area contributed by atoms with Crippen LogP contribution in [0.25, 0.3) is 0 Å². The summed E-state index contributed by atoms with van der Waals surface area (Å²) >= 11 is 1.53. The highest BCUT2D eigenvalue weighted by Gasteiger charge is 2.35. The molecule has 0 spiro atoms. The van der Waals surface area contributed by atoms with Crippen LogP contribution >= 0.6 is 11.3 Å². The van der Waals surface area contributed by atoms with Crippen LogP contribution < -0.4 is 11.1 Å². The molecule has 128 valence electrons. The lowest BCUT2D eigenvalue weighted by molar-refractivity contribution is -0.118. The number of nitrogens with two attached hydrogens (primary N) is 1. The zero-order chi connectivity index (χ0) is 17.4. The number of carbonyl (C=O) groups is 2. The molecule has 1 unspecified atom stereocenters. The van der Waals surface area contributed by atoms with Gasteiger partial charge in [-0.2, -0.15) is 0 Å². The fourth-order valence-electron chi connectivity index (χ4n) is 3.15. The summed E-state index contributed by atoms with van der Waals surface area (Å²) in [5.41, 5.74) is 7.48. The van der Waals surface area contributed by atoms with E-state index < -0.39 is 5.91 Å². The van der Waals surface area contributed by atoms with Gasteiger partial charge in [0.2, 0.25) is 5.91 Å². The van der Waals surface area contributed by atoms with E-state index in [9.17, 15) is 9.59 Å². The molecule has 0 aromatic carbocycles. The average Bonchev–Trinajstić information content (AvgIpc) is 2.83. The SMILES string of the molecule is CCC(C)(C)C1CCc2c(sc(NC(=O)C(C)C)c2C(N)=O)C1. The Hall–Kier alpha value is -1.36. The lowest BCUT2D eigenvalue weighted by Gasteiger charge is -2.36. The van der Waals surface area contributed by atoms with Gasteiger partial charge in [-0.3, -0.25) is 9.59 Å². The highest BCUT2D eigenvalue weighted by molar-refractivity contribution is 7.17. The minimum Gasteiger partial charge on any atom is -0.365 e. The predicted molar refractivity (Wildman–Crippen MR) is 95.9 cm³/mol. The van der Waals surface area contributed by atoms with Crippen LogP contribution in [-0.2, 0) is 17.6 Å². The average molecular weight is 337 g/mol. The number of anilines is 1. The maximum absolute atomic E-state index is 12.0. The number of rotatable bonds is 5. The fourth-order valence-corrected chi connectivity index (χ4v) is 4.48. The number of amides is 2. The first-order chi connectivity index (χ1) is 10.7. The molecule has 2 rings (SSSR count). The van der Waals surface area contributed by atoms with Crippen molar-refractivity contribution in [1.29, 1.82) is 0 Å². The summed E-state index contributed by atoms with van der Waals surface area (Å²) in [6.07, 6.45) is 4.05. The zero-order valence-corrected chi connectivity index (χ0v) is 15.6. The molecule has 5 heteroatoms. The van der Waals surface area contributed by atoms with Gasteiger partial charge >= 0.3 is 0 Å². The molecule has 0 radical (unpaired) electrons. The molecule has 0 saturated carbocycles. The largest absolute Gasteiger partial charge is 0.365 e. The first kappa shape index (κ1) is 18.0. The first-order valence-corrected chi connectivity index (χ1v) is 9.24. The molecule has 0 saturated heterocycles. The molecule has 3 N–H and O–H groups in total. The molecular weight excluding hydrogens is 308 g/mol. The van der Waals surface area contributed by atoms with E-state index in [1.807, 2.05) is 13.8 Å². The number of primary amides is 1. The topological polar surface area (TPSA) is 72.2 Å². The summed E-state index contributed by atoms with van der Waals surface area (Å²) in [6.45, 7) is 10.5. The van der Waals surface area contributed by atoms with Gasteiger partial charge in [0, 0.05) is 10.8 Å². The second-order valence-electron chi connectivity index (χ2n) is 7.50. The van der Waals surface area contributed by atoms with Gasteiger partial charge in [0.1, 0.15) is 5.00 Å². The number of hydrogen-bond donors (Lipinski definition) is 2. The van der Waals surface area contributed by atoms with Crippen molar-refractivity contribution in [2.24, 2.45) is 23.0 Å². The molecule has 23 heavy (non-hydrogen) atoms. The molecule has 1 aliphatic carbocycles. The maximum atomic E-state index is 12.0. The summed E-state index contributed by atoms with van der Waals surface area (Å²) in [5, 5.41) is 3.53. The maximum Gasteiger partial charge on any atom is 0.251 e. The Morgan fingerprint density at radius 1 is 1.39 bits per heavy atom. The van der Waals surface area contributed by atoms with Crippen LogP contribution in [0.5, 0.6) is 0 Å². The van der Waals surface area contributed by atoms with Crippen LogP contribution in [-0.4, -0.2) is 11.8 Å². The standard InChI is InChI=1S/C18H28N2O2S/c1-6-18(4,5)11-7-8-12-13(9-11)23-17(14(12)15(19)21)20-16(22)10(2)3/h10-11H,6-9H2,1-5H3,(H2,19,21)(H,20,22). The minimum absolute atomic E-state index is 0.0727. The van der Waals surface area contributed by atoms with E-state index in [2.05, 4.69) is 26.1 Å². The lowest BCUT2D eigenvalue weighted by Crippen LogP contribution is -2.29. The molecule has 0 aliphatic heterocycles. The molecule has 0 bridgehead atoms. The molecule has 1 heterocycles. The molecule has 4 nitrogen and oxygen atoms in total. The van der Waals surface area contributed by atoms with E-state index in [0.717, 1.165) is 31.2 Å². The Balaban J connectivity index is 2.35. The second-order valence-corrected chi connectivity index (χ2v) is 8.60. The van der Waals surface area contributed by atoms with Gasteiger partial charge in [0.25, 0.3) is 5.91 Å². The van der Waals surface area contributed by atoms with Crippen molar-refractivity contribution in [2.75, 3.05) is 5.32 Å². The monoisotopic (exact) mass is 336 g/mol. The fraction of sp³-hybridized carbons (Fsp3) is 0.667. The Bertz CT molecular complexity index is 617. The third-order valence-corrected chi connectivity index (χ3v) is 6.46. The van der Waals surface area contributed by atoms with Crippen LogP contribution in [0.15, 0.2) is 0 Å². The van der Waals surface area contributed by atoms with Gasteiger partial charge in [-0.1, -0.05) is 41.0 Å². The van der Waals surface area contributed by atoms with Gasteiger partial charge in [-0.05, 0) is 36.2 Å². The van der Waals surface area contributed by atoms with Gasteiger partial charge in [-0.25, -0.2) is 0 Å². The van der Waals surface area contributed by atoms with Crippen molar-refractivity contribution in [3.63, 3.8) is 0 Å². The Kier molecular flexibility index (Phi) is 5.19. The molecule has 1 aliphatic rings. The third kappa shape index (κ3) is 3.60. The van der Waals surface area contributed by atoms with Crippen molar-refractivity contribution in [3.05, 3.63) is 16.0 Å². The third-order valence-electron chi connectivity index (χ3n) is 5.29. The van der Waals surface area contributed by atoms with E-state index in [1.54, 1.807) is 0 Å². The summed E-state index contributed by atoms with van der Waals surface area (Å²) in [7, 11) is 0. The molecular formula is C18H28N2O2S. The van der Waals surface area contributed by atoms with Crippen LogP contribution in [0.1, 0.15) is 68.3 Å². The second kappa shape index (κ2) is 6.63. The van der Waals surface area contributed by atoms with Gasteiger partial charge in [-0.15, -0.1) is 11.3 Å². The molecule has 1 aromatic heterocycles. The van der Waals surface area contributed by atoms with E-state index >= 15 is 0 Å². The highest BCUT2D eigenvalue weighted by atomic mass is 32.1. The Morgan fingerprint density at radius 2 is 2.04 bits per heavy atom. The molecule has 1 atom stereocenters. The van der Waals surface area contributed by atoms with Crippen molar-refractivity contribution in [1.82, 2.24) is 0 Å². The van der Waals surface area contributed by atoms with E-state index in [4.69, 9.17) is 5.73 Å². The van der Waals surface area contributed by atoms with Crippen molar-refractivity contribution in [3.8, 4) is 0 Å². The Labute approximate surface area is 142 Å². The smallest absolute Gasteiger partial charge is 0.251 e. The van der Waals surface area contributed by atoms with E-state index in [0.29, 0.717) is 16.5 Å². The van der Waals surface area contributed by atoms with E-state index in [-0.39, 0.29) is 17.2 Å². The number of carbonyl (C=O) groups excluding carboxylic acids is 2. The van der Waals surface area contributed by atoms with Crippen molar-refractivity contribution >= 4 is 28.2 Å². The zero-order valence-electron chi connectivity index (χ0n) is 14.8. The summed E-state index contributed by atoms with van der Waals surface area (Å²) < 4.78 is 0. The highest BCUT2D eigenvalue weighted by Crippen LogP contribution is 2.45. The molecule has 2 amide bonds. The van der Waals surface area contributed by atoms with E-state index in [1.165, 1.54) is 16.2 Å². The van der Waals surface area contributed by atoms with Crippen LogP contribution in [0.4, 0.5) is 5.00 Å². The number of hydrogen-bond acceptors (Lipinski definition) is 3. The summed E-state index contributed by atoms with van der Waals surface area (Å²) in [5.74, 6) is -0.0269. The summed E-state index contributed by atoms with van der Waals surface area (Å²) in [6, 6.07) is 0. The minimum atomic E-state index is -0.435. The van der Waals surface area contributed by atoms with Crippen molar-refractivity contribution < 1.29 is 9.59 Å². The molecule has 1 aromatic rings. The predicted octanol–water partition coefficient (Wildman–Crippen LogP) is 3.98. The number of nitrogens with one attached hydrogen (secondary N) is 1. The van der Waals surface area contributed by atoms with Crippen LogP contribution in [0.2, 0.25) is 0 Å². The van der Waals surface area contributed by atoms with Gasteiger partial charge < -0.3 is 11.1 Å². The normalized spacial score (nSPS) is 17.9. The quantitative estimate of drug-likeness (QED) is 0.853. The van der Waals surface area contributed by atoms with Gasteiger partial charge in [0.05, 0.1) is 5.56 Å². The number of thiophene rings is 1. The van der Waals surface area contributed by atoms with Gasteiger partial charge in [0.15, 0.2) is 0 Å². The lowest BCUT2D eigenvalue weighted by atomic mass is 9.69. The van der Waals surface area contributed by atoms with Crippen LogP contribution in [0, 0.1) is 17.3 Å². The first-order valence-electron chi connectivity index (χ1n) is 8.42.